The summed E-state index contributed by atoms with van der Waals surface area (Å²) in [4.78, 5) is 0.225. The molecule has 0 spiro atoms. The van der Waals surface area contributed by atoms with Crippen LogP contribution in [0.1, 0.15) is 13.8 Å². The third kappa shape index (κ3) is 2.51. The maximum absolute atomic E-state index is 12.1. The van der Waals surface area contributed by atoms with Crippen molar-refractivity contribution in [2.75, 3.05) is 0 Å². The molecule has 1 aromatic rings. The van der Waals surface area contributed by atoms with Gasteiger partial charge in [0, 0.05) is 0 Å². The van der Waals surface area contributed by atoms with Gasteiger partial charge in [-0.1, -0.05) is 30.4 Å². The highest BCUT2D eigenvalue weighted by molar-refractivity contribution is 7.92. The van der Waals surface area contributed by atoms with Crippen LogP contribution in [-0.2, 0) is 9.84 Å². The molecule has 0 saturated heterocycles. The molecule has 0 radical (unpaired) electrons. The first kappa shape index (κ1) is 12.9. The second kappa shape index (κ2) is 4.80. The highest BCUT2D eigenvalue weighted by Crippen LogP contribution is 2.20. The standard InChI is InChI=1S/C12H16O3S/c1-9(2)12(13)10(3)16(14,15)11-7-5-4-6-8-11/h4-8,10,12-13H,1H2,2-3H3/t10-,12+/m0/s1. The van der Waals surface area contributed by atoms with Gasteiger partial charge in [-0.3, -0.25) is 0 Å². The molecule has 1 N–H and O–H groups in total. The van der Waals surface area contributed by atoms with Crippen molar-refractivity contribution in [2.45, 2.75) is 30.1 Å². The molecule has 16 heavy (non-hydrogen) atoms. The van der Waals surface area contributed by atoms with Gasteiger partial charge in [0.2, 0.25) is 0 Å². The smallest absolute Gasteiger partial charge is 0.183 e. The average molecular weight is 240 g/mol. The fraction of sp³-hybridized carbons (Fsp3) is 0.333. The van der Waals surface area contributed by atoms with Gasteiger partial charge in [0.1, 0.15) is 0 Å². The van der Waals surface area contributed by atoms with Crippen LogP contribution in [0.25, 0.3) is 0 Å². The molecular formula is C12H16O3S. The topological polar surface area (TPSA) is 54.4 Å². The summed E-state index contributed by atoms with van der Waals surface area (Å²) in [6, 6.07) is 8.12. The highest BCUT2D eigenvalue weighted by Gasteiger charge is 2.29. The lowest BCUT2D eigenvalue weighted by Gasteiger charge is -2.19. The van der Waals surface area contributed by atoms with E-state index in [9.17, 15) is 13.5 Å². The molecule has 0 fully saturated rings. The summed E-state index contributed by atoms with van der Waals surface area (Å²) in [5.41, 5.74) is 0.451. The molecule has 0 aliphatic carbocycles. The lowest BCUT2D eigenvalue weighted by Crippen LogP contribution is -2.32. The lowest BCUT2D eigenvalue weighted by molar-refractivity contribution is 0.209. The van der Waals surface area contributed by atoms with Crippen LogP contribution >= 0.6 is 0 Å². The van der Waals surface area contributed by atoms with Crippen molar-refractivity contribution in [1.82, 2.24) is 0 Å². The van der Waals surface area contributed by atoms with Crippen LogP contribution in [0.3, 0.4) is 0 Å². The van der Waals surface area contributed by atoms with Gasteiger partial charge >= 0.3 is 0 Å². The predicted octanol–water partition coefficient (Wildman–Crippen LogP) is 1.79. The van der Waals surface area contributed by atoms with E-state index in [2.05, 4.69) is 6.58 Å². The number of aliphatic hydroxyl groups excluding tert-OH is 1. The van der Waals surface area contributed by atoms with Gasteiger partial charge in [-0.2, -0.15) is 0 Å². The number of aliphatic hydroxyl groups is 1. The maximum atomic E-state index is 12.1. The Morgan fingerprint density at radius 2 is 1.81 bits per heavy atom. The molecule has 4 heteroatoms. The van der Waals surface area contributed by atoms with Gasteiger partial charge in [-0.25, -0.2) is 8.42 Å². The molecule has 0 aliphatic heterocycles. The Morgan fingerprint density at radius 1 is 1.31 bits per heavy atom. The minimum Gasteiger partial charge on any atom is -0.387 e. The molecule has 1 rings (SSSR count). The normalized spacial score (nSPS) is 15.4. The zero-order valence-electron chi connectivity index (χ0n) is 9.42. The molecule has 0 saturated carbocycles. The van der Waals surface area contributed by atoms with Crippen LogP contribution in [0, 0.1) is 0 Å². The van der Waals surface area contributed by atoms with E-state index in [1.165, 1.54) is 19.1 Å². The molecule has 0 aromatic heterocycles. The Morgan fingerprint density at radius 3 is 2.25 bits per heavy atom. The fourth-order valence-corrected chi connectivity index (χ4v) is 2.93. The minimum absolute atomic E-state index is 0.225. The Hall–Kier alpha value is -1.13. The molecule has 0 bridgehead atoms. The monoisotopic (exact) mass is 240 g/mol. The largest absolute Gasteiger partial charge is 0.387 e. The molecule has 0 amide bonds. The molecule has 0 unspecified atom stereocenters. The number of sulfone groups is 1. The van der Waals surface area contributed by atoms with E-state index in [4.69, 9.17) is 0 Å². The molecule has 88 valence electrons. The zero-order chi connectivity index (χ0) is 12.3. The Balaban J connectivity index is 3.09. The number of benzene rings is 1. The van der Waals surface area contributed by atoms with Crippen molar-refractivity contribution in [3.63, 3.8) is 0 Å². The third-order valence-electron chi connectivity index (χ3n) is 2.51. The minimum atomic E-state index is -3.49. The van der Waals surface area contributed by atoms with E-state index in [1.807, 2.05) is 0 Å². The van der Waals surface area contributed by atoms with Crippen molar-refractivity contribution < 1.29 is 13.5 Å². The van der Waals surface area contributed by atoms with E-state index in [0.717, 1.165) is 0 Å². The van der Waals surface area contributed by atoms with Crippen LogP contribution in [-0.4, -0.2) is 24.9 Å². The number of hydrogen-bond donors (Lipinski definition) is 1. The Bertz CT molecular complexity index is 462. The molecule has 1 aromatic carbocycles. The Kier molecular flexibility index (Phi) is 3.88. The van der Waals surface area contributed by atoms with Gasteiger partial charge in [-0.05, 0) is 26.0 Å². The van der Waals surface area contributed by atoms with Crippen LogP contribution < -0.4 is 0 Å². The van der Waals surface area contributed by atoms with Gasteiger partial charge in [0.25, 0.3) is 0 Å². The lowest BCUT2D eigenvalue weighted by atomic mass is 10.1. The summed E-state index contributed by atoms with van der Waals surface area (Å²) in [7, 11) is -3.49. The molecule has 3 nitrogen and oxygen atoms in total. The summed E-state index contributed by atoms with van der Waals surface area (Å²) >= 11 is 0. The van der Waals surface area contributed by atoms with E-state index < -0.39 is 21.2 Å². The van der Waals surface area contributed by atoms with E-state index >= 15 is 0 Å². The SMILES string of the molecule is C=C(C)[C@@H](O)[C@H](C)S(=O)(=O)c1ccccc1. The van der Waals surface area contributed by atoms with Crippen molar-refractivity contribution >= 4 is 9.84 Å². The Labute approximate surface area is 96.4 Å². The van der Waals surface area contributed by atoms with E-state index in [-0.39, 0.29) is 4.90 Å². The number of hydrogen-bond acceptors (Lipinski definition) is 3. The zero-order valence-corrected chi connectivity index (χ0v) is 10.2. The van der Waals surface area contributed by atoms with Gasteiger partial charge in [0.15, 0.2) is 9.84 Å². The predicted molar refractivity (Wildman–Crippen MR) is 63.9 cm³/mol. The molecule has 2 atom stereocenters. The quantitative estimate of drug-likeness (QED) is 0.816. The van der Waals surface area contributed by atoms with E-state index in [0.29, 0.717) is 5.57 Å². The van der Waals surface area contributed by atoms with Crippen molar-refractivity contribution in [3.8, 4) is 0 Å². The second-order valence-electron chi connectivity index (χ2n) is 3.85. The van der Waals surface area contributed by atoms with Crippen LogP contribution in [0.2, 0.25) is 0 Å². The van der Waals surface area contributed by atoms with E-state index in [1.54, 1.807) is 25.1 Å². The summed E-state index contributed by atoms with van der Waals surface area (Å²) in [5.74, 6) is 0. The van der Waals surface area contributed by atoms with Crippen molar-refractivity contribution in [3.05, 3.63) is 42.5 Å². The average Bonchev–Trinajstić information content (AvgIpc) is 2.28. The highest BCUT2D eigenvalue weighted by atomic mass is 32.2. The molecule has 0 heterocycles. The number of rotatable bonds is 4. The first-order chi connectivity index (χ1) is 7.37. The van der Waals surface area contributed by atoms with Gasteiger partial charge in [-0.15, -0.1) is 0 Å². The summed E-state index contributed by atoms with van der Waals surface area (Å²) in [6.45, 7) is 6.67. The molecule has 0 aliphatic rings. The second-order valence-corrected chi connectivity index (χ2v) is 6.16. The van der Waals surface area contributed by atoms with Crippen LogP contribution in [0.15, 0.2) is 47.4 Å². The molecular weight excluding hydrogens is 224 g/mol. The van der Waals surface area contributed by atoms with Gasteiger partial charge in [0.05, 0.1) is 16.2 Å². The first-order valence-corrected chi connectivity index (χ1v) is 6.54. The summed E-state index contributed by atoms with van der Waals surface area (Å²) < 4.78 is 24.2. The third-order valence-corrected chi connectivity index (χ3v) is 4.68. The fourth-order valence-electron chi connectivity index (χ4n) is 1.40. The maximum Gasteiger partial charge on any atom is 0.183 e. The van der Waals surface area contributed by atoms with Crippen molar-refractivity contribution in [2.24, 2.45) is 0 Å². The van der Waals surface area contributed by atoms with Gasteiger partial charge < -0.3 is 5.11 Å². The first-order valence-electron chi connectivity index (χ1n) is 4.99. The van der Waals surface area contributed by atoms with Crippen molar-refractivity contribution in [1.29, 1.82) is 0 Å². The van der Waals surface area contributed by atoms with Crippen LogP contribution in [0.5, 0.6) is 0 Å². The van der Waals surface area contributed by atoms with Crippen LogP contribution in [0.4, 0.5) is 0 Å². The summed E-state index contributed by atoms with van der Waals surface area (Å²) in [5, 5.41) is 8.83. The summed E-state index contributed by atoms with van der Waals surface area (Å²) in [6.07, 6.45) is -1.04.